The summed E-state index contributed by atoms with van der Waals surface area (Å²) in [6.07, 6.45) is 0.918. The summed E-state index contributed by atoms with van der Waals surface area (Å²) in [6, 6.07) is 20.7. The van der Waals surface area contributed by atoms with Gasteiger partial charge in [-0.1, -0.05) is 71.2 Å². The average Bonchev–Trinajstić information content (AvgIpc) is 2.85. The third kappa shape index (κ3) is 6.33. The summed E-state index contributed by atoms with van der Waals surface area (Å²) in [7, 11) is -7.86. The first kappa shape index (κ1) is 28.0. The molecule has 0 fully saturated rings. The van der Waals surface area contributed by atoms with Crippen molar-refractivity contribution in [1.29, 1.82) is 0 Å². The highest BCUT2D eigenvalue weighted by Gasteiger charge is 2.24. The van der Waals surface area contributed by atoms with Crippen molar-refractivity contribution in [2.45, 2.75) is 4.90 Å². The maximum atomic E-state index is 13.0. The number of nitrogens with zero attached hydrogens (tertiary/aromatic N) is 1. The van der Waals surface area contributed by atoms with E-state index in [0.717, 1.165) is 21.3 Å². The number of fused-ring (bicyclic) bond motifs is 1. The lowest BCUT2D eigenvalue weighted by atomic mass is 10.1. The smallest absolute Gasteiger partial charge is 0.261 e. The summed E-state index contributed by atoms with van der Waals surface area (Å²) in [5.41, 5.74) is 0.676. The van der Waals surface area contributed by atoms with Crippen LogP contribution in [0.15, 0.2) is 83.8 Å². The number of rotatable bonds is 8. The molecular formula is C25H20Cl3N3O5S2. The summed E-state index contributed by atoms with van der Waals surface area (Å²) in [5.74, 6) is -0.693. The molecule has 4 aromatic rings. The number of hydrogen-bond donors (Lipinski definition) is 2. The molecule has 1 amide bonds. The number of sulfonamides is 2. The Labute approximate surface area is 235 Å². The highest BCUT2D eigenvalue weighted by Crippen LogP contribution is 2.35. The molecule has 4 rings (SSSR count). The lowest BCUT2D eigenvalue weighted by Crippen LogP contribution is -2.37. The molecule has 0 atom stereocenters. The van der Waals surface area contributed by atoms with Gasteiger partial charge in [0.15, 0.2) is 0 Å². The Kier molecular flexibility index (Phi) is 8.10. The van der Waals surface area contributed by atoms with Crippen LogP contribution >= 0.6 is 34.8 Å². The zero-order valence-electron chi connectivity index (χ0n) is 19.7. The Morgan fingerprint density at radius 2 is 1.45 bits per heavy atom. The second-order valence-corrected chi connectivity index (χ2v) is 13.0. The van der Waals surface area contributed by atoms with Crippen molar-refractivity contribution in [3.8, 4) is 0 Å². The van der Waals surface area contributed by atoms with Gasteiger partial charge in [-0.05, 0) is 47.9 Å². The van der Waals surface area contributed by atoms with Crippen LogP contribution < -0.4 is 14.3 Å². The minimum absolute atomic E-state index is 0.00845. The maximum Gasteiger partial charge on any atom is 0.261 e. The highest BCUT2D eigenvalue weighted by atomic mass is 35.5. The third-order valence-electron chi connectivity index (χ3n) is 5.43. The number of halogens is 3. The molecule has 0 aliphatic rings. The van der Waals surface area contributed by atoms with Crippen molar-refractivity contribution in [2.75, 3.05) is 27.1 Å². The summed E-state index contributed by atoms with van der Waals surface area (Å²) in [4.78, 5) is 12.7. The molecule has 198 valence electrons. The minimum Gasteiger partial charge on any atom is -0.325 e. The lowest BCUT2D eigenvalue weighted by molar-refractivity contribution is -0.114. The molecule has 0 bridgehead atoms. The number of hydrogen-bond acceptors (Lipinski definition) is 5. The van der Waals surface area contributed by atoms with Gasteiger partial charge in [0.2, 0.25) is 15.9 Å². The molecule has 0 radical (unpaired) electrons. The molecule has 0 spiro atoms. The SMILES string of the molecule is CS(=O)(=O)N(CC(=O)Nc1ccc(S(=O)(=O)Nc2cccc3ccccc23)cc1)c1cc(Cl)c(Cl)cc1Cl. The Morgan fingerprint density at radius 1 is 0.816 bits per heavy atom. The van der Waals surface area contributed by atoms with E-state index in [2.05, 4.69) is 10.0 Å². The van der Waals surface area contributed by atoms with E-state index in [9.17, 15) is 21.6 Å². The second kappa shape index (κ2) is 11.0. The van der Waals surface area contributed by atoms with E-state index in [-0.39, 0.29) is 31.3 Å². The third-order valence-corrected chi connectivity index (χ3v) is 8.96. The van der Waals surface area contributed by atoms with Crippen LogP contribution in [0.2, 0.25) is 15.1 Å². The van der Waals surface area contributed by atoms with Gasteiger partial charge < -0.3 is 5.32 Å². The fourth-order valence-corrected chi connectivity index (χ4v) is 6.28. The first-order valence-corrected chi connectivity index (χ1v) is 15.3. The number of carbonyl (C=O) groups is 1. The van der Waals surface area contributed by atoms with Gasteiger partial charge in [-0.15, -0.1) is 0 Å². The lowest BCUT2D eigenvalue weighted by Gasteiger charge is -2.23. The highest BCUT2D eigenvalue weighted by molar-refractivity contribution is 7.92. The monoisotopic (exact) mass is 611 g/mol. The molecule has 0 aromatic heterocycles. The Morgan fingerprint density at radius 3 is 2.13 bits per heavy atom. The number of anilines is 3. The molecule has 0 heterocycles. The van der Waals surface area contributed by atoms with Crippen LogP contribution in [0.25, 0.3) is 10.8 Å². The van der Waals surface area contributed by atoms with E-state index in [4.69, 9.17) is 34.8 Å². The van der Waals surface area contributed by atoms with Crippen LogP contribution in [0.5, 0.6) is 0 Å². The summed E-state index contributed by atoms with van der Waals surface area (Å²) in [5, 5.41) is 4.37. The Balaban J connectivity index is 1.50. The van der Waals surface area contributed by atoms with Crippen LogP contribution in [0, 0.1) is 0 Å². The van der Waals surface area contributed by atoms with Crippen LogP contribution in [-0.2, 0) is 24.8 Å². The molecule has 0 aliphatic carbocycles. The molecule has 4 aromatic carbocycles. The largest absolute Gasteiger partial charge is 0.325 e. The van der Waals surface area contributed by atoms with Crippen LogP contribution in [0.3, 0.4) is 0 Å². The van der Waals surface area contributed by atoms with Crippen molar-refractivity contribution in [2.24, 2.45) is 0 Å². The van der Waals surface area contributed by atoms with Gasteiger partial charge in [-0.3, -0.25) is 13.8 Å². The number of amides is 1. The summed E-state index contributed by atoms with van der Waals surface area (Å²) < 4.78 is 54.1. The number of carbonyl (C=O) groups excluding carboxylic acids is 1. The predicted octanol–water partition coefficient (Wildman–Crippen LogP) is 6.01. The zero-order valence-corrected chi connectivity index (χ0v) is 23.6. The molecule has 13 heteroatoms. The van der Waals surface area contributed by atoms with Gasteiger partial charge in [-0.2, -0.15) is 0 Å². The second-order valence-electron chi connectivity index (χ2n) is 8.19. The van der Waals surface area contributed by atoms with Gasteiger partial charge in [0.05, 0.1) is 37.6 Å². The summed E-state index contributed by atoms with van der Waals surface area (Å²) >= 11 is 18.1. The van der Waals surface area contributed by atoms with E-state index >= 15 is 0 Å². The molecular weight excluding hydrogens is 593 g/mol. The van der Waals surface area contributed by atoms with Crippen LogP contribution in [0.4, 0.5) is 17.1 Å². The van der Waals surface area contributed by atoms with Gasteiger partial charge >= 0.3 is 0 Å². The van der Waals surface area contributed by atoms with E-state index in [0.29, 0.717) is 5.69 Å². The van der Waals surface area contributed by atoms with Gasteiger partial charge in [0, 0.05) is 11.1 Å². The quantitative estimate of drug-likeness (QED) is 0.237. The van der Waals surface area contributed by atoms with E-state index < -0.39 is 32.5 Å². The van der Waals surface area contributed by atoms with Crippen molar-refractivity contribution in [1.82, 2.24) is 0 Å². The Hall–Kier alpha value is -3.02. The molecule has 8 nitrogen and oxygen atoms in total. The molecule has 0 unspecified atom stereocenters. The first-order chi connectivity index (χ1) is 17.8. The van der Waals surface area contributed by atoms with Crippen molar-refractivity contribution >= 4 is 88.6 Å². The molecule has 2 N–H and O–H groups in total. The van der Waals surface area contributed by atoms with Crippen LogP contribution in [0.1, 0.15) is 0 Å². The fraction of sp³-hybridized carbons (Fsp3) is 0.0800. The normalized spacial score (nSPS) is 11.8. The zero-order chi connectivity index (χ0) is 27.7. The summed E-state index contributed by atoms with van der Waals surface area (Å²) in [6.45, 7) is -0.612. The molecule has 0 saturated carbocycles. The minimum atomic E-state index is -3.93. The molecule has 0 aliphatic heterocycles. The van der Waals surface area contributed by atoms with E-state index in [1.807, 2.05) is 30.3 Å². The van der Waals surface area contributed by atoms with E-state index in [1.54, 1.807) is 12.1 Å². The topological polar surface area (TPSA) is 113 Å². The van der Waals surface area contributed by atoms with Crippen LogP contribution in [-0.4, -0.2) is 35.5 Å². The maximum absolute atomic E-state index is 13.0. The molecule has 38 heavy (non-hydrogen) atoms. The first-order valence-electron chi connectivity index (χ1n) is 10.9. The number of benzene rings is 4. The van der Waals surface area contributed by atoms with Gasteiger partial charge in [0.1, 0.15) is 6.54 Å². The van der Waals surface area contributed by atoms with Crippen molar-refractivity contribution in [3.63, 3.8) is 0 Å². The fourth-order valence-electron chi connectivity index (χ4n) is 3.65. The van der Waals surface area contributed by atoms with Crippen molar-refractivity contribution < 1.29 is 21.6 Å². The van der Waals surface area contributed by atoms with Gasteiger partial charge in [0.25, 0.3) is 10.0 Å². The van der Waals surface area contributed by atoms with Crippen molar-refractivity contribution in [3.05, 3.63) is 93.9 Å². The number of nitrogens with one attached hydrogen (secondary N) is 2. The predicted molar refractivity (Wildman–Crippen MR) is 153 cm³/mol. The average molecular weight is 613 g/mol. The molecule has 0 saturated heterocycles. The Bertz CT molecular complexity index is 1740. The van der Waals surface area contributed by atoms with E-state index in [1.165, 1.54) is 36.4 Å². The van der Waals surface area contributed by atoms with Gasteiger partial charge in [-0.25, -0.2) is 16.8 Å². The standard InChI is InChI=1S/C25H20Cl3N3O5S2/c1-37(33,34)31(24-14-21(27)20(26)13-22(24)28)15-25(32)29-17-9-11-18(12-10-17)38(35,36)30-23-8-4-6-16-5-2-3-7-19(16)23/h2-14,30H,15H2,1H3,(H,29,32).